The molecular formula is C21H20F6N2O4S. The van der Waals surface area contributed by atoms with Gasteiger partial charge in [0.15, 0.2) is 0 Å². The fourth-order valence-corrected chi connectivity index (χ4v) is 4.89. The number of alkyl halides is 6. The van der Waals surface area contributed by atoms with E-state index in [9.17, 15) is 39.6 Å². The fraction of sp³-hybridized carbons (Fsp3) is 0.381. The predicted octanol–water partition coefficient (Wildman–Crippen LogP) is 4.76. The highest BCUT2D eigenvalue weighted by atomic mass is 32.2. The van der Waals surface area contributed by atoms with Crippen molar-refractivity contribution in [3.8, 4) is 0 Å². The molecule has 1 heterocycles. The summed E-state index contributed by atoms with van der Waals surface area (Å²) >= 11 is 0. The topological polar surface area (TPSA) is 66.9 Å². The Morgan fingerprint density at radius 3 is 2.00 bits per heavy atom. The lowest BCUT2D eigenvalue weighted by molar-refractivity contribution is -0.143. The number of ether oxygens (including phenoxy) is 1. The van der Waals surface area contributed by atoms with Crippen LogP contribution in [-0.4, -0.2) is 49.9 Å². The van der Waals surface area contributed by atoms with Crippen LogP contribution in [0, 0.1) is 0 Å². The van der Waals surface area contributed by atoms with Gasteiger partial charge in [0.1, 0.15) is 6.61 Å². The number of carbonyl (C=O) groups is 1. The zero-order chi connectivity index (χ0) is 25.1. The summed E-state index contributed by atoms with van der Waals surface area (Å²) in [4.78, 5) is 12.5. The first-order valence-corrected chi connectivity index (χ1v) is 11.5. The average Bonchev–Trinajstić information content (AvgIpc) is 3.04. The minimum atomic E-state index is -5.18. The molecule has 0 atom stereocenters. The van der Waals surface area contributed by atoms with Gasteiger partial charge in [0.05, 0.1) is 16.0 Å². The highest BCUT2D eigenvalue weighted by molar-refractivity contribution is 7.89. The molecule has 13 heteroatoms. The lowest BCUT2D eigenvalue weighted by Crippen LogP contribution is -2.37. The van der Waals surface area contributed by atoms with E-state index >= 15 is 0 Å². The maximum Gasteiger partial charge on any atom is 0.416 e. The zero-order valence-corrected chi connectivity index (χ0v) is 18.4. The first-order chi connectivity index (χ1) is 15.8. The summed E-state index contributed by atoms with van der Waals surface area (Å²) in [6, 6.07) is 9.03. The SMILES string of the molecule is O=C(OCc1ccccc1)N1CCCN(S(=O)(=O)c2cc(C(F)(F)F)cc(C(F)(F)F)c2)CC1. The van der Waals surface area contributed by atoms with E-state index in [-0.39, 0.29) is 57.4 Å². The molecule has 0 spiro atoms. The van der Waals surface area contributed by atoms with E-state index in [0.717, 1.165) is 9.87 Å². The Kier molecular flexibility index (Phi) is 7.46. The van der Waals surface area contributed by atoms with Crippen molar-refractivity contribution in [2.24, 2.45) is 0 Å². The van der Waals surface area contributed by atoms with Gasteiger partial charge in [-0.1, -0.05) is 30.3 Å². The van der Waals surface area contributed by atoms with E-state index in [4.69, 9.17) is 4.74 Å². The van der Waals surface area contributed by atoms with Crippen LogP contribution in [0.1, 0.15) is 23.1 Å². The molecule has 1 amide bonds. The normalized spacial score (nSPS) is 16.2. The van der Waals surface area contributed by atoms with Crippen LogP contribution in [0.2, 0.25) is 0 Å². The Bertz CT molecular complexity index is 1090. The van der Waals surface area contributed by atoms with Gasteiger partial charge in [-0.25, -0.2) is 13.2 Å². The zero-order valence-electron chi connectivity index (χ0n) is 17.6. The van der Waals surface area contributed by atoms with Crippen LogP contribution in [0.3, 0.4) is 0 Å². The second-order valence-electron chi connectivity index (χ2n) is 7.53. The van der Waals surface area contributed by atoms with Crippen molar-refractivity contribution in [2.45, 2.75) is 30.3 Å². The number of hydrogen-bond donors (Lipinski definition) is 0. The van der Waals surface area contributed by atoms with E-state index < -0.39 is 44.5 Å². The van der Waals surface area contributed by atoms with Crippen molar-refractivity contribution in [3.05, 3.63) is 65.2 Å². The van der Waals surface area contributed by atoms with Gasteiger partial charge in [0.25, 0.3) is 0 Å². The number of sulfonamides is 1. The van der Waals surface area contributed by atoms with Gasteiger partial charge in [0.2, 0.25) is 10.0 Å². The monoisotopic (exact) mass is 510 g/mol. The van der Waals surface area contributed by atoms with Gasteiger partial charge in [-0.3, -0.25) is 0 Å². The minimum Gasteiger partial charge on any atom is -0.445 e. The van der Waals surface area contributed by atoms with Crippen LogP contribution < -0.4 is 0 Å². The van der Waals surface area contributed by atoms with Crippen molar-refractivity contribution < 1.29 is 44.3 Å². The summed E-state index contributed by atoms with van der Waals surface area (Å²) in [6.45, 7) is -0.556. The molecule has 0 unspecified atom stereocenters. The first kappa shape index (κ1) is 25.8. The van der Waals surface area contributed by atoms with Crippen molar-refractivity contribution >= 4 is 16.1 Å². The molecule has 1 aliphatic heterocycles. The van der Waals surface area contributed by atoms with E-state index in [1.54, 1.807) is 30.3 Å². The number of nitrogens with zero attached hydrogens (tertiary/aromatic N) is 2. The molecule has 186 valence electrons. The molecule has 1 aliphatic rings. The number of benzene rings is 2. The summed E-state index contributed by atoms with van der Waals surface area (Å²) in [5.41, 5.74) is -2.71. The summed E-state index contributed by atoms with van der Waals surface area (Å²) in [5, 5.41) is 0. The predicted molar refractivity (Wildman–Crippen MR) is 108 cm³/mol. The lowest BCUT2D eigenvalue weighted by Gasteiger charge is -2.22. The van der Waals surface area contributed by atoms with E-state index in [0.29, 0.717) is 0 Å². The molecule has 0 aliphatic carbocycles. The number of rotatable bonds is 4. The van der Waals surface area contributed by atoms with Gasteiger partial charge < -0.3 is 9.64 Å². The quantitative estimate of drug-likeness (QED) is 0.557. The molecule has 1 fully saturated rings. The maximum absolute atomic E-state index is 13.1. The van der Waals surface area contributed by atoms with Crippen LogP contribution in [-0.2, 0) is 33.7 Å². The maximum atomic E-state index is 13.1. The summed E-state index contributed by atoms with van der Waals surface area (Å²) < 4.78 is 111. The van der Waals surface area contributed by atoms with Gasteiger partial charge in [0, 0.05) is 26.2 Å². The third-order valence-electron chi connectivity index (χ3n) is 5.12. The molecule has 2 aromatic carbocycles. The van der Waals surface area contributed by atoms with Crippen LogP contribution >= 0.6 is 0 Å². The van der Waals surface area contributed by atoms with Gasteiger partial charge in [-0.15, -0.1) is 0 Å². The molecule has 1 saturated heterocycles. The van der Waals surface area contributed by atoms with Crippen LogP contribution in [0.25, 0.3) is 0 Å². The standard InChI is InChI=1S/C21H20F6N2O4S/c22-20(23,24)16-11-17(21(25,26)27)13-18(12-16)34(31,32)29-8-4-7-28(9-10-29)19(30)33-14-15-5-2-1-3-6-15/h1-3,5-6,11-13H,4,7-10,14H2. The molecule has 0 radical (unpaired) electrons. The van der Waals surface area contributed by atoms with E-state index in [1.165, 1.54) is 4.90 Å². The number of halogens is 6. The summed E-state index contributed by atoms with van der Waals surface area (Å²) in [6.07, 6.45) is -10.9. The highest BCUT2D eigenvalue weighted by Gasteiger charge is 2.39. The first-order valence-electron chi connectivity index (χ1n) is 10.0. The molecule has 6 nitrogen and oxygen atoms in total. The third-order valence-corrected chi connectivity index (χ3v) is 6.99. The smallest absolute Gasteiger partial charge is 0.416 e. The molecular weight excluding hydrogens is 490 g/mol. The minimum absolute atomic E-state index is 0.0113. The van der Waals surface area contributed by atoms with Crippen molar-refractivity contribution in [1.82, 2.24) is 9.21 Å². The number of carbonyl (C=O) groups excluding carboxylic acids is 1. The van der Waals surface area contributed by atoms with E-state index in [1.807, 2.05) is 0 Å². The third kappa shape index (κ3) is 6.20. The molecule has 0 saturated carbocycles. The largest absolute Gasteiger partial charge is 0.445 e. The molecule has 34 heavy (non-hydrogen) atoms. The second kappa shape index (κ2) is 9.82. The van der Waals surface area contributed by atoms with Crippen LogP contribution in [0.5, 0.6) is 0 Å². The molecule has 0 aromatic heterocycles. The number of amides is 1. The van der Waals surface area contributed by atoms with Gasteiger partial charge >= 0.3 is 18.4 Å². The lowest BCUT2D eigenvalue weighted by atomic mass is 10.1. The Hall–Kier alpha value is -2.80. The molecule has 2 aromatic rings. The number of hydrogen-bond acceptors (Lipinski definition) is 4. The van der Waals surface area contributed by atoms with Gasteiger partial charge in [-0.2, -0.15) is 30.6 Å². The second-order valence-corrected chi connectivity index (χ2v) is 9.46. The Balaban J connectivity index is 1.76. The molecule has 0 N–H and O–H groups in total. The fourth-order valence-electron chi connectivity index (χ4n) is 3.35. The molecule has 0 bridgehead atoms. The van der Waals surface area contributed by atoms with Gasteiger partial charge in [-0.05, 0) is 30.2 Å². The molecule has 3 rings (SSSR count). The van der Waals surface area contributed by atoms with Crippen molar-refractivity contribution in [1.29, 1.82) is 0 Å². The Morgan fingerprint density at radius 2 is 1.44 bits per heavy atom. The van der Waals surface area contributed by atoms with Crippen molar-refractivity contribution in [3.63, 3.8) is 0 Å². The van der Waals surface area contributed by atoms with E-state index in [2.05, 4.69) is 0 Å². The van der Waals surface area contributed by atoms with Crippen molar-refractivity contribution in [2.75, 3.05) is 26.2 Å². The summed E-state index contributed by atoms with van der Waals surface area (Å²) in [5.74, 6) is 0. The van der Waals surface area contributed by atoms with Crippen LogP contribution in [0.4, 0.5) is 31.1 Å². The summed E-state index contributed by atoms with van der Waals surface area (Å²) in [7, 11) is -4.70. The highest BCUT2D eigenvalue weighted by Crippen LogP contribution is 2.37. The average molecular weight is 510 g/mol. The van der Waals surface area contributed by atoms with Crippen LogP contribution in [0.15, 0.2) is 53.4 Å². The Labute approximate surface area is 191 Å². The Morgan fingerprint density at radius 1 is 0.853 bits per heavy atom.